The second-order valence-corrected chi connectivity index (χ2v) is 4.79. The minimum atomic E-state index is -0.265. The third kappa shape index (κ3) is 2.95. The fourth-order valence-corrected chi connectivity index (χ4v) is 2.36. The molecule has 2 rings (SSSR count). The van der Waals surface area contributed by atoms with E-state index in [9.17, 15) is 5.26 Å². The Balaban J connectivity index is 1.91. The van der Waals surface area contributed by atoms with Gasteiger partial charge < -0.3 is 9.47 Å². The first-order chi connectivity index (χ1) is 8.78. The maximum Gasteiger partial charge on any atom is 0.119 e. The molecule has 0 atom stereocenters. The highest BCUT2D eigenvalue weighted by Crippen LogP contribution is 2.37. The minimum Gasteiger partial charge on any atom is -0.494 e. The van der Waals surface area contributed by atoms with Gasteiger partial charge in [-0.1, -0.05) is 12.8 Å². The van der Waals surface area contributed by atoms with Crippen LogP contribution in [-0.4, -0.2) is 13.2 Å². The van der Waals surface area contributed by atoms with Gasteiger partial charge in [-0.3, -0.25) is 0 Å². The molecule has 0 heterocycles. The molecule has 1 aliphatic rings. The van der Waals surface area contributed by atoms with Crippen LogP contribution in [-0.2, 0) is 0 Å². The first-order valence-electron chi connectivity index (χ1n) is 6.55. The fraction of sp³-hybridized carbons (Fsp3) is 0.533. The smallest absolute Gasteiger partial charge is 0.119 e. The van der Waals surface area contributed by atoms with Crippen LogP contribution < -0.4 is 9.47 Å². The molecule has 0 aliphatic heterocycles. The molecule has 0 aromatic heterocycles. The van der Waals surface area contributed by atoms with Crippen molar-refractivity contribution >= 4 is 0 Å². The Morgan fingerprint density at radius 3 is 2.17 bits per heavy atom. The van der Waals surface area contributed by atoms with Crippen LogP contribution in [0.5, 0.6) is 11.5 Å². The summed E-state index contributed by atoms with van der Waals surface area (Å²) in [4.78, 5) is 0. The molecule has 1 aliphatic carbocycles. The van der Waals surface area contributed by atoms with Crippen LogP contribution in [0.25, 0.3) is 0 Å². The Hall–Kier alpha value is -1.69. The van der Waals surface area contributed by atoms with E-state index in [1.807, 2.05) is 31.2 Å². The number of nitriles is 1. The normalized spacial score (nSPS) is 17.1. The summed E-state index contributed by atoms with van der Waals surface area (Å²) in [5.74, 6) is 1.65. The predicted octanol–water partition coefficient (Wildman–Crippen LogP) is 3.55. The molecule has 3 nitrogen and oxygen atoms in total. The Morgan fingerprint density at radius 2 is 1.67 bits per heavy atom. The van der Waals surface area contributed by atoms with Gasteiger partial charge in [0.15, 0.2) is 0 Å². The molecule has 1 fully saturated rings. The zero-order valence-corrected chi connectivity index (χ0v) is 10.8. The summed E-state index contributed by atoms with van der Waals surface area (Å²) < 4.78 is 11.1. The van der Waals surface area contributed by atoms with Crippen molar-refractivity contribution in [3.8, 4) is 17.6 Å². The topological polar surface area (TPSA) is 42.2 Å². The molecule has 1 aromatic rings. The number of nitrogens with zero attached hydrogens (tertiary/aromatic N) is 1. The first kappa shape index (κ1) is 12.8. The van der Waals surface area contributed by atoms with E-state index < -0.39 is 0 Å². The molecular weight excluding hydrogens is 226 g/mol. The Bertz CT molecular complexity index is 413. The summed E-state index contributed by atoms with van der Waals surface area (Å²) in [6, 6.07) is 10.0. The SMILES string of the molecule is CCOc1ccc(OCC2(C#N)CCCC2)cc1. The predicted molar refractivity (Wildman–Crippen MR) is 69.6 cm³/mol. The van der Waals surface area contributed by atoms with Gasteiger partial charge >= 0.3 is 0 Å². The van der Waals surface area contributed by atoms with E-state index in [1.54, 1.807) is 0 Å². The van der Waals surface area contributed by atoms with Gasteiger partial charge in [-0.15, -0.1) is 0 Å². The number of hydrogen-bond donors (Lipinski definition) is 0. The van der Waals surface area contributed by atoms with Crippen LogP contribution in [0.15, 0.2) is 24.3 Å². The summed E-state index contributed by atoms with van der Waals surface area (Å²) in [6.07, 6.45) is 4.20. The van der Waals surface area contributed by atoms with Gasteiger partial charge in [0, 0.05) is 0 Å². The molecule has 0 N–H and O–H groups in total. The largest absolute Gasteiger partial charge is 0.494 e. The second-order valence-electron chi connectivity index (χ2n) is 4.79. The van der Waals surface area contributed by atoms with Crippen molar-refractivity contribution in [1.82, 2.24) is 0 Å². The zero-order chi connectivity index (χ0) is 12.8. The lowest BCUT2D eigenvalue weighted by Crippen LogP contribution is -2.23. The van der Waals surface area contributed by atoms with E-state index in [4.69, 9.17) is 9.47 Å². The Labute approximate surface area is 108 Å². The number of hydrogen-bond acceptors (Lipinski definition) is 3. The van der Waals surface area contributed by atoms with Gasteiger partial charge in [0.25, 0.3) is 0 Å². The summed E-state index contributed by atoms with van der Waals surface area (Å²) >= 11 is 0. The lowest BCUT2D eigenvalue weighted by molar-refractivity contribution is 0.201. The standard InChI is InChI=1S/C15H19NO2/c1-2-17-13-5-7-14(8-6-13)18-12-15(11-16)9-3-4-10-15/h5-8H,2-4,9-10,12H2,1H3. The summed E-state index contributed by atoms with van der Waals surface area (Å²) in [5, 5.41) is 9.26. The summed E-state index contributed by atoms with van der Waals surface area (Å²) in [6.45, 7) is 3.12. The summed E-state index contributed by atoms with van der Waals surface area (Å²) in [5.41, 5.74) is -0.265. The average Bonchev–Trinajstić information content (AvgIpc) is 2.88. The summed E-state index contributed by atoms with van der Waals surface area (Å²) in [7, 11) is 0. The maximum atomic E-state index is 9.26. The van der Waals surface area contributed by atoms with Crippen molar-refractivity contribution in [3.63, 3.8) is 0 Å². The third-order valence-electron chi connectivity index (χ3n) is 3.45. The molecule has 0 saturated heterocycles. The van der Waals surface area contributed by atoms with E-state index >= 15 is 0 Å². The second kappa shape index (κ2) is 5.77. The average molecular weight is 245 g/mol. The lowest BCUT2D eigenvalue weighted by Gasteiger charge is -2.20. The molecule has 0 bridgehead atoms. The molecule has 1 aromatic carbocycles. The van der Waals surface area contributed by atoms with E-state index in [1.165, 1.54) is 0 Å². The molecule has 3 heteroatoms. The van der Waals surface area contributed by atoms with Crippen LogP contribution in [0.1, 0.15) is 32.6 Å². The van der Waals surface area contributed by atoms with Crippen molar-refractivity contribution in [2.45, 2.75) is 32.6 Å². The highest BCUT2D eigenvalue weighted by molar-refractivity contribution is 5.31. The van der Waals surface area contributed by atoms with E-state index in [0.29, 0.717) is 13.2 Å². The van der Waals surface area contributed by atoms with Crippen molar-refractivity contribution in [2.75, 3.05) is 13.2 Å². The van der Waals surface area contributed by atoms with E-state index in [-0.39, 0.29) is 5.41 Å². The van der Waals surface area contributed by atoms with Crippen LogP contribution >= 0.6 is 0 Å². The third-order valence-corrected chi connectivity index (χ3v) is 3.45. The number of ether oxygens (including phenoxy) is 2. The van der Waals surface area contributed by atoms with Crippen LogP contribution in [0, 0.1) is 16.7 Å². The molecule has 0 radical (unpaired) electrons. The van der Waals surface area contributed by atoms with Gasteiger partial charge in [-0.05, 0) is 44.0 Å². The molecule has 96 valence electrons. The maximum absolute atomic E-state index is 9.26. The lowest BCUT2D eigenvalue weighted by atomic mass is 9.89. The Morgan fingerprint density at radius 1 is 1.11 bits per heavy atom. The van der Waals surface area contributed by atoms with E-state index in [2.05, 4.69) is 6.07 Å². The van der Waals surface area contributed by atoms with Crippen LogP contribution in [0.2, 0.25) is 0 Å². The van der Waals surface area contributed by atoms with Gasteiger partial charge in [0.05, 0.1) is 18.1 Å². The van der Waals surface area contributed by atoms with Gasteiger partial charge in [-0.2, -0.15) is 5.26 Å². The quantitative estimate of drug-likeness (QED) is 0.796. The Kier molecular flexibility index (Phi) is 4.09. The van der Waals surface area contributed by atoms with E-state index in [0.717, 1.165) is 37.2 Å². The molecule has 1 saturated carbocycles. The highest BCUT2D eigenvalue weighted by Gasteiger charge is 2.34. The molecule has 18 heavy (non-hydrogen) atoms. The van der Waals surface area contributed by atoms with Crippen LogP contribution in [0.4, 0.5) is 0 Å². The zero-order valence-electron chi connectivity index (χ0n) is 10.8. The van der Waals surface area contributed by atoms with Crippen molar-refractivity contribution < 1.29 is 9.47 Å². The number of benzene rings is 1. The van der Waals surface area contributed by atoms with Crippen molar-refractivity contribution in [3.05, 3.63) is 24.3 Å². The fourth-order valence-electron chi connectivity index (χ4n) is 2.36. The van der Waals surface area contributed by atoms with Gasteiger partial charge in [0.1, 0.15) is 18.1 Å². The van der Waals surface area contributed by atoms with Gasteiger partial charge in [-0.25, -0.2) is 0 Å². The molecule has 0 spiro atoms. The monoisotopic (exact) mass is 245 g/mol. The number of rotatable bonds is 5. The first-order valence-corrected chi connectivity index (χ1v) is 6.55. The van der Waals surface area contributed by atoms with Crippen LogP contribution in [0.3, 0.4) is 0 Å². The molecule has 0 unspecified atom stereocenters. The highest BCUT2D eigenvalue weighted by atomic mass is 16.5. The molecule has 0 amide bonds. The van der Waals surface area contributed by atoms with Gasteiger partial charge in [0.2, 0.25) is 0 Å². The van der Waals surface area contributed by atoms with Crippen molar-refractivity contribution in [1.29, 1.82) is 5.26 Å². The minimum absolute atomic E-state index is 0.265. The van der Waals surface area contributed by atoms with Crippen molar-refractivity contribution in [2.24, 2.45) is 5.41 Å². The molecular formula is C15H19NO2.